The first-order valence-corrected chi connectivity index (χ1v) is 7.39. The van der Waals surface area contributed by atoms with E-state index < -0.39 is 4.92 Å². The van der Waals surface area contributed by atoms with Gasteiger partial charge < -0.3 is 15.4 Å². The molecule has 0 bridgehead atoms. The molecule has 116 valence electrons. The number of anilines is 2. The number of rotatable bonds is 7. The molecule has 1 fully saturated rings. The fourth-order valence-electron chi connectivity index (χ4n) is 2.36. The molecule has 0 radical (unpaired) electrons. The molecule has 2 unspecified atom stereocenters. The Morgan fingerprint density at radius 3 is 3.00 bits per heavy atom. The van der Waals surface area contributed by atoms with Crippen LogP contribution in [0.4, 0.5) is 17.3 Å². The molecule has 2 rings (SSSR count). The lowest BCUT2D eigenvalue weighted by atomic mass is 10.1. The topological polar surface area (TPSA) is 89.3 Å². The maximum Gasteiger partial charge on any atom is 0.311 e. The van der Waals surface area contributed by atoms with Crippen LogP contribution in [-0.2, 0) is 4.74 Å². The lowest BCUT2D eigenvalue weighted by Crippen LogP contribution is -2.30. The van der Waals surface area contributed by atoms with Crippen LogP contribution in [0, 0.1) is 10.1 Å². The molecule has 1 aliphatic heterocycles. The average Bonchev–Trinajstić information content (AvgIpc) is 2.99. The predicted molar refractivity (Wildman–Crippen MR) is 81.7 cm³/mol. The standard InChI is InChI=1S/C14H22N4O3/c1-3-8-15-13-7-6-11(18(19)20)14(17-13)16-10(2)12-5-4-9-21-12/h6-7,10,12H,3-5,8-9H2,1-2H3,(H2,15,16,17). The molecule has 0 saturated carbocycles. The minimum Gasteiger partial charge on any atom is -0.376 e. The molecule has 1 aromatic heterocycles. The van der Waals surface area contributed by atoms with Crippen molar-refractivity contribution in [1.82, 2.24) is 4.98 Å². The van der Waals surface area contributed by atoms with E-state index in [0.29, 0.717) is 11.6 Å². The molecule has 21 heavy (non-hydrogen) atoms. The summed E-state index contributed by atoms with van der Waals surface area (Å²) < 4.78 is 5.61. The number of nitrogens with zero attached hydrogens (tertiary/aromatic N) is 2. The smallest absolute Gasteiger partial charge is 0.311 e. The normalized spacial score (nSPS) is 19.2. The van der Waals surface area contributed by atoms with Gasteiger partial charge in [0.25, 0.3) is 0 Å². The molecule has 1 saturated heterocycles. The Morgan fingerprint density at radius 1 is 1.57 bits per heavy atom. The van der Waals surface area contributed by atoms with Gasteiger partial charge in [0.05, 0.1) is 17.1 Å². The number of nitro groups is 1. The monoisotopic (exact) mass is 294 g/mol. The van der Waals surface area contributed by atoms with Crippen molar-refractivity contribution in [1.29, 1.82) is 0 Å². The van der Waals surface area contributed by atoms with Crippen molar-refractivity contribution in [3.05, 3.63) is 22.2 Å². The van der Waals surface area contributed by atoms with Gasteiger partial charge in [0.2, 0.25) is 5.82 Å². The number of pyridine rings is 1. The first-order valence-electron chi connectivity index (χ1n) is 7.39. The number of hydrogen-bond acceptors (Lipinski definition) is 6. The van der Waals surface area contributed by atoms with Gasteiger partial charge in [0.15, 0.2) is 0 Å². The van der Waals surface area contributed by atoms with Gasteiger partial charge in [0.1, 0.15) is 5.82 Å². The number of nitrogens with one attached hydrogen (secondary N) is 2. The summed E-state index contributed by atoms with van der Waals surface area (Å²) in [5, 5.41) is 17.4. The van der Waals surface area contributed by atoms with Crippen LogP contribution in [0.25, 0.3) is 0 Å². The van der Waals surface area contributed by atoms with E-state index >= 15 is 0 Å². The van der Waals surface area contributed by atoms with E-state index in [0.717, 1.165) is 32.4 Å². The third-order valence-corrected chi connectivity index (χ3v) is 3.51. The van der Waals surface area contributed by atoms with Crippen LogP contribution in [0.5, 0.6) is 0 Å². The molecular formula is C14H22N4O3. The Hall–Kier alpha value is -1.89. The molecular weight excluding hydrogens is 272 g/mol. The highest BCUT2D eigenvalue weighted by atomic mass is 16.6. The molecule has 7 heteroatoms. The van der Waals surface area contributed by atoms with Gasteiger partial charge in [-0.15, -0.1) is 0 Å². The zero-order chi connectivity index (χ0) is 15.2. The van der Waals surface area contributed by atoms with Crippen molar-refractivity contribution in [2.45, 2.75) is 45.3 Å². The van der Waals surface area contributed by atoms with Crippen molar-refractivity contribution >= 4 is 17.3 Å². The second-order valence-corrected chi connectivity index (χ2v) is 5.23. The summed E-state index contributed by atoms with van der Waals surface area (Å²) >= 11 is 0. The van der Waals surface area contributed by atoms with E-state index in [4.69, 9.17) is 4.74 Å². The van der Waals surface area contributed by atoms with Crippen molar-refractivity contribution in [3.63, 3.8) is 0 Å². The highest BCUT2D eigenvalue weighted by Gasteiger charge is 2.25. The number of ether oxygens (including phenoxy) is 1. The fraction of sp³-hybridized carbons (Fsp3) is 0.643. The Balaban J connectivity index is 2.14. The summed E-state index contributed by atoms with van der Waals surface area (Å²) in [5.41, 5.74) is -0.0121. The Kier molecular flexibility index (Phi) is 5.32. The third kappa shape index (κ3) is 4.04. The second-order valence-electron chi connectivity index (χ2n) is 5.23. The van der Waals surface area contributed by atoms with E-state index in [1.165, 1.54) is 6.07 Å². The summed E-state index contributed by atoms with van der Waals surface area (Å²) in [6, 6.07) is 3.10. The van der Waals surface area contributed by atoms with Crippen LogP contribution in [0.15, 0.2) is 12.1 Å². The number of aromatic nitrogens is 1. The molecule has 1 aliphatic rings. The van der Waals surface area contributed by atoms with Crippen molar-refractivity contribution in [2.75, 3.05) is 23.8 Å². The SMILES string of the molecule is CCCNc1ccc([N+](=O)[O-])c(NC(C)C2CCCO2)n1. The molecule has 2 heterocycles. The summed E-state index contributed by atoms with van der Waals surface area (Å²) in [4.78, 5) is 15.0. The maximum atomic E-state index is 11.1. The highest BCUT2D eigenvalue weighted by Crippen LogP contribution is 2.26. The van der Waals surface area contributed by atoms with Gasteiger partial charge in [-0.25, -0.2) is 4.98 Å². The fourth-order valence-corrected chi connectivity index (χ4v) is 2.36. The van der Waals surface area contributed by atoms with E-state index in [9.17, 15) is 10.1 Å². The minimum atomic E-state index is -0.416. The predicted octanol–water partition coefficient (Wildman–Crippen LogP) is 2.79. The van der Waals surface area contributed by atoms with E-state index in [1.54, 1.807) is 6.07 Å². The summed E-state index contributed by atoms with van der Waals surface area (Å²) in [7, 11) is 0. The lowest BCUT2D eigenvalue weighted by Gasteiger charge is -2.20. The van der Waals surface area contributed by atoms with Gasteiger partial charge >= 0.3 is 5.69 Å². The molecule has 1 aromatic rings. The zero-order valence-electron chi connectivity index (χ0n) is 12.5. The van der Waals surface area contributed by atoms with Gasteiger partial charge in [-0.2, -0.15) is 0 Å². The van der Waals surface area contributed by atoms with Gasteiger partial charge in [-0.1, -0.05) is 6.92 Å². The van der Waals surface area contributed by atoms with E-state index in [-0.39, 0.29) is 17.8 Å². The quantitative estimate of drug-likeness (QED) is 0.593. The summed E-state index contributed by atoms with van der Waals surface area (Å²) in [6.45, 7) is 5.56. The van der Waals surface area contributed by atoms with Crippen LogP contribution < -0.4 is 10.6 Å². The zero-order valence-corrected chi connectivity index (χ0v) is 12.5. The Morgan fingerprint density at radius 2 is 2.38 bits per heavy atom. The first kappa shape index (κ1) is 15.5. The minimum absolute atomic E-state index is 0.0121. The largest absolute Gasteiger partial charge is 0.376 e. The molecule has 0 aliphatic carbocycles. The molecule has 0 amide bonds. The summed E-state index contributed by atoms with van der Waals surface area (Å²) in [5.74, 6) is 0.939. The lowest BCUT2D eigenvalue weighted by molar-refractivity contribution is -0.384. The number of hydrogen-bond donors (Lipinski definition) is 2. The molecule has 7 nitrogen and oxygen atoms in total. The maximum absolute atomic E-state index is 11.1. The average molecular weight is 294 g/mol. The molecule has 0 spiro atoms. The van der Waals surface area contributed by atoms with Gasteiger partial charge in [0, 0.05) is 19.2 Å². The first-order chi connectivity index (χ1) is 10.1. The van der Waals surface area contributed by atoms with Crippen molar-refractivity contribution in [2.24, 2.45) is 0 Å². The Labute approximate surface area is 124 Å². The molecule has 2 atom stereocenters. The van der Waals surface area contributed by atoms with Gasteiger partial charge in [-0.3, -0.25) is 10.1 Å². The van der Waals surface area contributed by atoms with Crippen LogP contribution in [0.1, 0.15) is 33.1 Å². The Bertz CT molecular complexity index is 489. The van der Waals surface area contributed by atoms with Crippen LogP contribution >= 0.6 is 0 Å². The molecule has 0 aromatic carbocycles. The van der Waals surface area contributed by atoms with Gasteiger partial charge in [-0.05, 0) is 32.3 Å². The van der Waals surface area contributed by atoms with Crippen LogP contribution in [0.3, 0.4) is 0 Å². The van der Waals surface area contributed by atoms with E-state index in [2.05, 4.69) is 22.5 Å². The van der Waals surface area contributed by atoms with Crippen LogP contribution in [0.2, 0.25) is 0 Å². The molecule has 2 N–H and O–H groups in total. The van der Waals surface area contributed by atoms with Crippen molar-refractivity contribution < 1.29 is 9.66 Å². The van der Waals surface area contributed by atoms with Crippen LogP contribution in [-0.4, -0.2) is 35.2 Å². The second kappa shape index (κ2) is 7.21. The van der Waals surface area contributed by atoms with Crippen molar-refractivity contribution in [3.8, 4) is 0 Å². The highest BCUT2D eigenvalue weighted by molar-refractivity contribution is 5.60. The third-order valence-electron chi connectivity index (χ3n) is 3.51. The van der Waals surface area contributed by atoms with E-state index in [1.807, 2.05) is 6.92 Å². The summed E-state index contributed by atoms with van der Waals surface area (Å²) in [6.07, 6.45) is 3.05.